The van der Waals surface area contributed by atoms with Crippen LogP contribution in [0.3, 0.4) is 0 Å². The number of carbonyl (C=O) groups excluding carboxylic acids is 2. The van der Waals surface area contributed by atoms with Crippen LogP contribution in [-0.2, 0) is 4.79 Å². The molecule has 0 unspecified atom stereocenters. The number of nitrogens with zero attached hydrogens (tertiary/aromatic N) is 2. The van der Waals surface area contributed by atoms with Crippen molar-refractivity contribution in [1.29, 1.82) is 5.26 Å². The maximum atomic E-state index is 12.4. The van der Waals surface area contributed by atoms with Crippen LogP contribution in [0.25, 0.3) is 0 Å². The SMILES string of the molecule is CC(=O)Nc1ccc(NC(=O)c2ccc(Nc3cccc(C#N)c3)nc2)cc1. The summed E-state index contributed by atoms with van der Waals surface area (Å²) in [4.78, 5) is 27.6. The summed E-state index contributed by atoms with van der Waals surface area (Å²) < 4.78 is 0. The molecule has 1 heterocycles. The van der Waals surface area contributed by atoms with E-state index in [2.05, 4.69) is 27.0 Å². The molecule has 0 spiro atoms. The van der Waals surface area contributed by atoms with E-state index in [1.807, 2.05) is 6.07 Å². The number of rotatable bonds is 5. The molecule has 0 saturated carbocycles. The van der Waals surface area contributed by atoms with E-state index in [0.717, 1.165) is 5.69 Å². The zero-order valence-corrected chi connectivity index (χ0v) is 15.1. The number of hydrogen-bond acceptors (Lipinski definition) is 5. The highest BCUT2D eigenvalue weighted by Gasteiger charge is 2.07. The fraction of sp³-hybridized carbons (Fsp3) is 0.0476. The molecule has 2 aromatic carbocycles. The molecule has 7 heteroatoms. The van der Waals surface area contributed by atoms with Gasteiger partial charge in [-0.25, -0.2) is 4.98 Å². The first-order valence-electron chi connectivity index (χ1n) is 8.46. The maximum absolute atomic E-state index is 12.4. The zero-order valence-electron chi connectivity index (χ0n) is 15.1. The molecule has 3 rings (SSSR count). The Morgan fingerprint density at radius 1 is 0.929 bits per heavy atom. The van der Waals surface area contributed by atoms with E-state index in [9.17, 15) is 9.59 Å². The van der Waals surface area contributed by atoms with Gasteiger partial charge in [0.25, 0.3) is 5.91 Å². The summed E-state index contributed by atoms with van der Waals surface area (Å²) in [7, 11) is 0. The Kier molecular flexibility index (Phi) is 5.63. The van der Waals surface area contributed by atoms with Crippen molar-refractivity contribution >= 4 is 34.7 Å². The van der Waals surface area contributed by atoms with Crippen LogP contribution in [0.4, 0.5) is 22.9 Å². The Hall–Kier alpha value is -4.18. The summed E-state index contributed by atoms with van der Waals surface area (Å²) in [5.74, 6) is 0.111. The molecule has 0 atom stereocenters. The van der Waals surface area contributed by atoms with Crippen molar-refractivity contribution in [2.45, 2.75) is 6.92 Å². The second-order valence-electron chi connectivity index (χ2n) is 5.96. The van der Waals surface area contributed by atoms with Gasteiger partial charge in [0.15, 0.2) is 0 Å². The molecule has 3 N–H and O–H groups in total. The van der Waals surface area contributed by atoms with Crippen molar-refractivity contribution in [2.75, 3.05) is 16.0 Å². The van der Waals surface area contributed by atoms with Crippen LogP contribution in [0.15, 0.2) is 66.9 Å². The Labute approximate surface area is 162 Å². The largest absolute Gasteiger partial charge is 0.340 e. The Bertz CT molecular complexity index is 1040. The normalized spacial score (nSPS) is 9.86. The number of anilines is 4. The molecular formula is C21H17N5O2. The summed E-state index contributed by atoms with van der Waals surface area (Å²) in [6.07, 6.45) is 1.47. The third kappa shape index (κ3) is 4.93. The minimum absolute atomic E-state index is 0.157. The molecule has 28 heavy (non-hydrogen) atoms. The van der Waals surface area contributed by atoms with Gasteiger partial charge in [-0.2, -0.15) is 5.26 Å². The highest BCUT2D eigenvalue weighted by atomic mass is 16.2. The molecule has 1 aromatic heterocycles. The number of benzene rings is 2. The van der Waals surface area contributed by atoms with E-state index in [-0.39, 0.29) is 11.8 Å². The number of nitriles is 1. The summed E-state index contributed by atoms with van der Waals surface area (Å²) in [5.41, 5.74) is 2.95. The summed E-state index contributed by atoms with van der Waals surface area (Å²) in [5, 5.41) is 17.5. The molecule has 0 aliphatic heterocycles. The first-order valence-corrected chi connectivity index (χ1v) is 8.46. The van der Waals surface area contributed by atoms with Gasteiger partial charge in [0.2, 0.25) is 5.91 Å². The average Bonchev–Trinajstić information content (AvgIpc) is 2.70. The van der Waals surface area contributed by atoms with Crippen LogP contribution in [0.1, 0.15) is 22.8 Å². The Morgan fingerprint density at radius 3 is 2.25 bits per heavy atom. The lowest BCUT2D eigenvalue weighted by Crippen LogP contribution is -2.12. The standard InChI is InChI=1S/C21H17N5O2/c1-14(27)24-17-6-8-18(9-7-17)26-21(28)16-5-10-20(23-13-16)25-19-4-2-3-15(11-19)12-22/h2-11,13H,1H3,(H,23,25)(H,24,27)(H,26,28). The van der Waals surface area contributed by atoms with Crippen LogP contribution in [0, 0.1) is 11.3 Å². The predicted octanol–water partition coefficient (Wildman–Crippen LogP) is 3.91. The van der Waals surface area contributed by atoms with Gasteiger partial charge in [-0.1, -0.05) is 6.07 Å². The number of amides is 2. The Morgan fingerprint density at radius 2 is 1.64 bits per heavy atom. The number of nitrogens with one attached hydrogen (secondary N) is 3. The van der Waals surface area contributed by atoms with Crippen molar-refractivity contribution in [2.24, 2.45) is 0 Å². The summed E-state index contributed by atoms with van der Waals surface area (Å²) in [6, 6.07) is 19.3. The first-order chi connectivity index (χ1) is 13.5. The smallest absolute Gasteiger partial charge is 0.257 e. The molecule has 0 radical (unpaired) electrons. The fourth-order valence-electron chi connectivity index (χ4n) is 2.46. The summed E-state index contributed by atoms with van der Waals surface area (Å²) in [6.45, 7) is 1.43. The molecule has 0 bridgehead atoms. The molecule has 7 nitrogen and oxygen atoms in total. The van der Waals surface area contributed by atoms with Crippen molar-refractivity contribution in [3.63, 3.8) is 0 Å². The van der Waals surface area contributed by atoms with Crippen LogP contribution in [-0.4, -0.2) is 16.8 Å². The lowest BCUT2D eigenvalue weighted by atomic mass is 10.2. The van der Waals surface area contributed by atoms with Gasteiger partial charge in [-0.05, 0) is 54.6 Å². The quantitative estimate of drug-likeness (QED) is 0.630. The second-order valence-corrected chi connectivity index (χ2v) is 5.96. The van der Waals surface area contributed by atoms with Crippen molar-refractivity contribution in [3.8, 4) is 6.07 Å². The van der Waals surface area contributed by atoms with E-state index < -0.39 is 0 Å². The zero-order chi connectivity index (χ0) is 19.9. The third-order valence-corrected chi connectivity index (χ3v) is 3.75. The van der Waals surface area contributed by atoms with Crippen LogP contribution >= 0.6 is 0 Å². The van der Waals surface area contributed by atoms with Gasteiger partial charge >= 0.3 is 0 Å². The van der Waals surface area contributed by atoms with Gasteiger partial charge in [0, 0.05) is 30.2 Å². The van der Waals surface area contributed by atoms with Crippen LogP contribution in [0.5, 0.6) is 0 Å². The van der Waals surface area contributed by atoms with Gasteiger partial charge in [-0.15, -0.1) is 0 Å². The molecular weight excluding hydrogens is 354 g/mol. The van der Waals surface area contributed by atoms with Gasteiger partial charge < -0.3 is 16.0 Å². The minimum Gasteiger partial charge on any atom is -0.340 e. The number of aromatic nitrogens is 1. The van der Waals surface area contributed by atoms with Crippen LogP contribution < -0.4 is 16.0 Å². The highest BCUT2D eigenvalue weighted by molar-refractivity contribution is 6.04. The lowest BCUT2D eigenvalue weighted by Gasteiger charge is -2.08. The minimum atomic E-state index is -0.294. The second kappa shape index (κ2) is 8.47. The molecule has 3 aromatic rings. The van der Waals surface area contributed by atoms with E-state index in [1.54, 1.807) is 54.6 Å². The Balaban J connectivity index is 1.63. The van der Waals surface area contributed by atoms with Gasteiger partial charge in [0.05, 0.1) is 17.2 Å². The van der Waals surface area contributed by atoms with E-state index in [0.29, 0.717) is 28.3 Å². The number of carbonyl (C=O) groups is 2. The van der Waals surface area contributed by atoms with Crippen molar-refractivity contribution < 1.29 is 9.59 Å². The van der Waals surface area contributed by atoms with Gasteiger partial charge in [-0.3, -0.25) is 9.59 Å². The fourth-order valence-corrected chi connectivity index (χ4v) is 2.46. The molecule has 0 aliphatic rings. The molecule has 2 amide bonds. The van der Waals surface area contributed by atoms with E-state index in [4.69, 9.17) is 5.26 Å². The number of pyridine rings is 1. The van der Waals surface area contributed by atoms with E-state index >= 15 is 0 Å². The third-order valence-electron chi connectivity index (χ3n) is 3.75. The predicted molar refractivity (Wildman–Crippen MR) is 107 cm³/mol. The van der Waals surface area contributed by atoms with Crippen molar-refractivity contribution in [3.05, 3.63) is 78.0 Å². The topological polar surface area (TPSA) is 107 Å². The molecule has 0 fully saturated rings. The molecule has 0 saturated heterocycles. The molecule has 0 aliphatic carbocycles. The monoisotopic (exact) mass is 371 g/mol. The number of hydrogen-bond donors (Lipinski definition) is 3. The highest BCUT2D eigenvalue weighted by Crippen LogP contribution is 2.17. The lowest BCUT2D eigenvalue weighted by molar-refractivity contribution is -0.114. The first kappa shape index (κ1) is 18.6. The maximum Gasteiger partial charge on any atom is 0.257 e. The van der Waals surface area contributed by atoms with E-state index in [1.165, 1.54) is 13.1 Å². The van der Waals surface area contributed by atoms with Gasteiger partial charge in [0.1, 0.15) is 5.82 Å². The summed E-state index contributed by atoms with van der Waals surface area (Å²) >= 11 is 0. The molecule has 138 valence electrons. The van der Waals surface area contributed by atoms with Crippen LogP contribution in [0.2, 0.25) is 0 Å². The average molecular weight is 371 g/mol. The van der Waals surface area contributed by atoms with Crippen molar-refractivity contribution in [1.82, 2.24) is 4.98 Å².